The van der Waals surface area contributed by atoms with Gasteiger partial charge in [-0.15, -0.1) is 0 Å². The monoisotopic (exact) mass is 193 g/mol. The van der Waals surface area contributed by atoms with Gasteiger partial charge in [0.25, 0.3) is 0 Å². The van der Waals surface area contributed by atoms with Crippen molar-refractivity contribution in [1.82, 2.24) is 0 Å². The van der Waals surface area contributed by atoms with Crippen LogP contribution in [0.3, 0.4) is 0 Å². The van der Waals surface area contributed by atoms with Crippen LogP contribution < -0.4 is 4.90 Å². The van der Waals surface area contributed by atoms with Gasteiger partial charge in [0.2, 0.25) is 0 Å². The van der Waals surface area contributed by atoms with E-state index in [2.05, 4.69) is 11.8 Å². The molecule has 14 heavy (non-hydrogen) atoms. The van der Waals surface area contributed by atoms with Crippen LogP contribution in [0.25, 0.3) is 0 Å². The van der Waals surface area contributed by atoms with Crippen molar-refractivity contribution in [2.45, 2.75) is 32.2 Å². The highest BCUT2D eigenvalue weighted by Crippen LogP contribution is 2.24. The predicted molar refractivity (Wildman–Crippen MR) is 57.1 cm³/mol. The molecule has 0 aliphatic carbocycles. The summed E-state index contributed by atoms with van der Waals surface area (Å²) in [5, 5.41) is 0. The molecule has 0 radical (unpaired) electrons. The van der Waals surface area contributed by atoms with Gasteiger partial charge in [-0.05, 0) is 50.5 Å². The Morgan fingerprint density at radius 1 is 1.21 bits per heavy atom. The van der Waals surface area contributed by atoms with E-state index >= 15 is 0 Å². The third-order valence-corrected chi connectivity index (χ3v) is 2.96. The van der Waals surface area contributed by atoms with Gasteiger partial charge in [-0.25, -0.2) is 4.39 Å². The van der Waals surface area contributed by atoms with Crippen LogP contribution in [0.5, 0.6) is 0 Å². The Bertz CT molecular complexity index is 294. The van der Waals surface area contributed by atoms with Gasteiger partial charge in [0.05, 0.1) is 0 Å². The van der Waals surface area contributed by atoms with Crippen molar-refractivity contribution < 1.29 is 4.39 Å². The minimum absolute atomic E-state index is 0.154. The van der Waals surface area contributed by atoms with Gasteiger partial charge < -0.3 is 4.90 Å². The first-order chi connectivity index (χ1) is 6.77. The summed E-state index contributed by atoms with van der Waals surface area (Å²) in [5.41, 5.74) is 1.15. The Labute approximate surface area is 84.5 Å². The summed E-state index contributed by atoms with van der Waals surface area (Å²) >= 11 is 0. The minimum Gasteiger partial charge on any atom is -0.369 e. The van der Waals surface area contributed by atoms with Crippen molar-refractivity contribution in [3.8, 4) is 0 Å². The van der Waals surface area contributed by atoms with Crippen LogP contribution in [0.15, 0.2) is 24.3 Å². The van der Waals surface area contributed by atoms with Gasteiger partial charge in [0, 0.05) is 18.3 Å². The van der Waals surface area contributed by atoms with E-state index in [1.807, 2.05) is 12.1 Å². The highest BCUT2D eigenvalue weighted by Gasteiger charge is 2.17. The minimum atomic E-state index is -0.154. The topological polar surface area (TPSA) is 3.24 Å². The van der Waals surface area contributed by atoms with E-state index in [1.54, 1.807) is 0 Å². The van der Waals surface area contributed by atoms with Crippen LogP contribution in [-0.2, 0) is 0 Å². The molecular weight excluding hydrogens is 177 g/mol. The zero-order chi connectivity index (χ0) is 9.97. The molecule has 1 fully saturated rings. The highest BCUT2D eigenvalue weighted by atomic mass is 19.1. The fourth-order valence-electron chi connectivity index (χ4n) is 2.11. The summed E-state index contributed by atoms with van der Waals surface area (Å²) in [6, 6.07) is 7.41. The molecule has 2 heteroatoms. The molecule has 1 aromatic carbocycles. The second-order valence-electron chi connectivity index (χ2n) is 4.01. The molecule has 0 saturated carbocycles. The van der Waals surface area contributed by atoms with E-state index in [1.165, 1.54) is 31.4 Å². The largest absolute Gasteiger partial charge is 0.369 e. The van der Waals surface area contributed by atoms with Gasteiger partial charge in [0.15, 0.2) is 0 Å². The van der Waals surface area contributed by atoms with Gasteiger partial charge >= 0.3 is 0 Å². The Morgan fingerprint density at radius 2 is 1.93 bits per heavy atom. The van der Waals surface area contributed by atoms with E-state index in [0.717, 1.165) is 12.2 Å². The van der Waals surface area contributed by atoms with Crippen LogP contribution >= 0.6 is 0 Å². The number of rotatable bonds is 1. The third kappa shape index (κ3) is 1.89. The first-order valence-electron chi connectivity index (χ1n) is 5.29. The molecule has 0 aromatic heterocycles. The molecule has 1 saturated heterocycles. The highest BCUT2D eigenvalue weighted by molar-refractivity contribution is 5.47. The molecule has 2 rings (SSSR count). The molecule has 1 unspecified atom stereocenters. The SMILES string of the molecule is CC1CCCCN1c1ccc(F)cc1. The zero-order valence-electron chi connectivity index (χ0n) is 8.54. The number of benzene rings is 1. The molecule has 76 valence electrons. The van der Waals surface area contributed by atoms with Gasteiger partial charge in [-0.1, -0.05) is 0 Å². The van der Waals surface area contributed by atoms with Crippen molar-refractivity contribution in [3.63, 3.8) is 0 Å². The lowest BCUT2D eigenvalue weighted by atomic mass is 10.0. The van der Waals surface area contributed by atoms with Crippen LogP contribution in [0.1, 0.15) is 26.2 Å². The van der Waals surface area contributed by atoms with E-state index in [0.29, 0.717) is 6.04 Å². The number of nitrogens with zero attached hydrogens (tertiary/aromatic N) is 1. The molecule has 1 nitrogen and oxygen atoms in total. The smallest absolute Gasteiger partial charge is 0.123 e. The van der Waals surface area contributed by atoms with Gasteiger partial charge in [-0.3, -0.25) is 0 Å². The number of piperidine rings is 1. The lowest BCUT2D eigenvalue weighted by molar-refractivity contribution is 0.484. The molecule has 1 atom stereocenters. The van der Waals surface area contributed by atoms with E-state index in [9.17, 15) is 4.39 Å². The van der Waals surface area contributed by atoms with E-state index in [-0.39, 0.29) is 5.82 Å². The number of halogens is 1. The summed E-state index contributed by atoms with van der Waals surface area (Å²) in [6.45, 7) is 3.34. The maximum atomic E-state index is 12.7. The predicted octanol–water partition coefficient (Wildman–Crippen LogP) is 3.20. The Hall–Kier alpha value is -1.05. The molecule has 0 N–H and O–H groups in total. The van der Waals surface area contributed by atoms with Crippen molar-refractivity contribution >= 4 is 5.69 Å². The molecule has 1 heterocycles. The lowest BCUT2D eigenvalue weighted by Crippen LogP contribution is -2.37. The maximum Gasteiger partial charge on any atom is 0.123 e. The number of anilines is 1. The first-order valence-corrected chi connectivity index (χ1v) is 5.29. The summed E-state index contributed by atoms with van der Waals surface area (Å²) in [5.74, 6) is -0.154. The normalized spacial score (nSPS) is 22.4. The standard InChI is InChI=1S/C12H16FN/c1-10-4-2-3-9-14(10)12-7-5-11(13)6-8-12/h5-8,10H,2-4,9H2,1H3. The van der Waals surface area contributed by atoms with Gasteiger partial charge in [-0.2, -0.15) is 0 Å². The summed E-state index contributed by atoms with van der Waals surface area (Å²) in [6.07, 6.45) is 3.82. The maximum absolute atomic E-state index is 12.7. The molecule has 1 aliphatic rings. The van der Waals surface area contributed by atoms with Crippen molar-refractivity contribution in [2.75, 3.05) is 11.4 Å². The fraction of sp³-hybridized carbons (Fsp3) is 0.500. The fourth-order valence-corrected chi connectivity index (χ4v) is 2.11. The van der Waals surface area contributed by atoms with Crippen LogP contribution in [0.2, 0.25) is 0 Å². The molecular formula is C12H16FN. The Kier molecular flexibility index (Phi) is 2.71. The van der Waals surface area contributed by atoms with Crippen molar-refractivity contribution in [2.24, 2.45) is 0 Å². The molecule has 1 aromatic rings. The van der Waals surface area contributed by atoms with Crippen LogP contribution in [0, 0.1) is 5.82 Å². The molecule has 0 amide bonds. The van der Waals surface area contributed by atoms with Gasteiger partial charge in [0.1, 0.15) is 5.82 Å². The molecule has 0 spiro atoms. The summed E-state index contributed by atoms with van der Waals surface area (Å²) < 4.78 is 12.7. The summed E-state index contributed by atoms with van der Waals surface area (Å²) in [7, 11) is 0. The number of hydrogen-bond donors (Lipinski definition) is 0. The molecule has 1 aliphatic heterocycles. The van der Waals surface area contributed by atoms with Crippen LogP contribution in [-0.4, -0.2) is 12.6 Å². The van der Waals surface area contributed by atoms with Crippen molar-refractivity contribution in [3.05, 3.63) is 30.1 Å². The Balaban J connectivity index is 2.16. The van der Waals surface area contributed by atoms with E-state index in [4.69, 9.17) is 0 Å². The van der Waals surface area contributed by atoms with Crippen molar-refractivity contribution in [1.29, 1.82) is 0 Å². The second kappa shape index (κ2) is 3.99. The summed E-state index contributed by atoms with van der Waals surface area (Å²) in [4.78, 5) is 2.36. The third-order valence-electron chi connectivity index (χ3n) is 2.96. The average molecular weight is 193 g/mol. The second-order valence-corrected chi connectivity index (χ2v) is 4.01. The lowest BCUT2D eigenvalue weighted by Gasteiger charge is -2.35. The van der Waals surface area contributed by atoms with Crippen LogP contribution in [0.4, 0.5) is 10.1 Å². The molecule has 0 bridgehead atoms. The zero-order valence-corrected chi connectivity index (χ0v) is 8.54. The number of hydrogen-bond acceptors (Lipinski definition) is 1. The van der Waals surface area contributed by atoms with E-state index < -0.39 is 0 Å². The first kappa shape index (κ1) is 9.50. The Morgan fingerprint density at radius 3 is 2.57 bits per heavy atom. The average Bonchev–Trinajstić information content (AvgIpc) is 2.20. The quantitative estimate of drug-likeness (QED) is 0.662.